The average molecular weight is 442 g/mol. The van der Waals surface area contributed by atoms with Crippen LogP contribution in [0.5, 0.6) is 0 Å². The van der Waals surface area contributed by atoms with E-state index in [1.165, 1.54) is 24.3 Å². The van der Waals surface area contributed by atoms with Gasteiger partial charge in [-0.15, -0.1) is 0 Å². The number of carbonyl (C=O) groups is 1. The molecule has 8 nitrogen and oxygen atoms in total. The van der Waals surface area contributed by atoms with Crippen molar-refractivity contribution in [2.24, 2.45) is 0 Å². The second-order valence-corrected chi connectivity index (χ2v) is 8.06. The number of rotatable bonds is 4. The highest BCUT2D eigenvalue weighted by Gasteiger charge is 2.35. The maximum Gasteiger partial charge on any atom is 0.269 e. The number of non-ortho nitro benzene ring substituents is 1. The van der Waals surface area contributed by atoms with Crippen LogP contribution < -0.4 is 10.6 Å². The van der Waals surface area contributed by atoms with Gasteiger partial charge in [0.25, 0.3) is 11.6 Å². The van der Waals surface area contributed by atoms with Gasteiger partial charge in [0.05, 0.1) is 18.1 Å². The maximum atomic E-state index is 12.4. The average Bonchev–Trinajstić information content (AvgIpc) is 2.61. The molecule has 1 heterocycles. The quantitative estimate of drug-likeness (QED) is 0.243. The van der Waals surface area contributed by atoms with Crippen LogP contribution in [0.25, 0.3) is 0 Å². The molecule has 1 saturated heterocycles. The fraction of sp³-hybridized carbons (Fsp3) is 0.429. The number of ether oxygens (including phenoxy) is 1. The van der Waals surface area contributed by atoms with Gasteiger partial charge >= 0.3 is 0 Å². The standard InChI is InChI=1S/C14H15Cl3N4O4S/c15-14(16,17)12(19-13(26)20-5-7-25-8-6-20)18-11(22)9-1-3-10(4-2-9)21(23)24/h1-4,12H,5-8H2,(H,18,22)(H,19,26)/t12-/m0/s1. The largest absolute Gasteiger partial charge is 0.378 e. The number of nitro benzene ring substituents is 1. The highest BCUT2D eigenvalue weighted by atomic mass is 35.6. The number of carbonyl (C=O) groups excluding carboxylic acids is 1. The Kier molecular flexibility index (Phi) is 7.24. The summed E-state index contributed by atoms with van der Waals surface area (Å²) in [5, 5.41) is 16.3. The molecule has 1 aromatic rings. The van der Waals surface area contributed by atoms with Crippen LogP contribution in [0.1, 0.15) is 10.4 Å². The number of halogens is 3. The lowest BCUT2D eigenvalue weighted by atomic mass is 10.2. The molecule has 0 aliphatic carbocycles. The molecule has 1 aliphatic rings. The number of nitrogens with one attached hydrogen (secondary N) is 2. The topological polar surface area (TPSA) is 96.7 Å². The lowest BCUT2D eigenvalue weighted by molar-refractivity contribution is -0.384. The van der Waals surface area contributed by atoms with E-state index in [1.54, 1.807) is 0 Å². The van der Waals surface area contributed by atoms with E-state index >= 15 is 0 Å². The molecular formula is C14H15Cl3N4O4S. The van der Waals surface area contributed by atoms with Gasteiger partial charge in [0, 0.05) is 30.8 Å². The number of morpholine rings is 1. The van der Waals surface area contributed by atoms with Gasteiger partial charge in [-0.25, -0.2) is 0 Å². The van der Waals surface area contributed by atoms with Crippen LogP contribution in [-0.2, 0) is 4.74 Å². The third-order valence-electron chi connectivity index (χ3n) is 3.51. The lowest BCUT2D eigenvalue weighted by Crippen LogP contribution is -2.59. The second-order valence-electron chi connectivity index (χ2n) is 5.30. The van der Waals surface area contributed by atoms with E-state index in [0.717, 1.165) is 0 Å². The predicted molar refractivity (Wildman–Crippen MR) is 103 cm³/mol. The molecule has 1 aromatic carbocycles. The monoisotopic (exact) mass is 440 g/mol. The Hall–Kier alpha value is -1.39. The fourth-order valence-electron chi connectivity index (χ4n) is 2.13. The van der Waals surface area contributed by atoms with E-state index in [2.05, 4.69) is 10.6 Å². The Morgan fingerprint density at radius 3 is 2.31 bits per heavy atom. The van der Waals surface area contributed by atoms with Gasteiger partial charge in [0.2, 0.25) is 3.79 Å². The molecule has 1 aliphatic heterocycles. The molecular weight excluding hydrogens is 427 g/mol. The van der Waals surface area contributed by atoms with Crippen molar-refractivity contribution in [2.45, 2.75) is 9.96 Å². The third kappa shape index (κ3) is 5.82. The van der Waals surface area contributed by atoms with Crippen molar-refractivity contribution in [1.82, 2.24) is 15.5 Å². The van der Waals surface area contributed by atoms with Crippen molar-refractivity contribution in [1.29, 1.82) is 0 Å². The van der Waals surface area contributed by atoms with Crippen molar-refractivity contribution < 1.29 is 14.5 Å². The molecule has 0 bridgehead atoms. The first-order valence-electron chi connectivity index (χ1n) is 7.43. The summed E-state index contributed by atoms with van der Waals surface area (Å²) in [6, 6.07) is 5.04. The number of thiocarbonyl (C=S) groups is 1. The highest BCUT2D eigenvalue weighted by molar-refractivity contribution is 7.80. The molecule has 1 amide bonds. The van der Waals surface area contributed by atoms with Gasteiger partial charge in [-0.2, -0.15) is 0 Å². The Labute approximate surface area is 169 Å². The molecule has 0 radical (unpaired) electrons. The molecule has 26 heavy (non-hydrogen) atoms. The first-order chi connectivity index (χ1) is 12.2. The number of nitrogens with zero attached hydrogens (tertiary/aromatic N) is 2. The minimum atomic E-state index is -1.88. The molecule has 142 valence electrons. The van der Waals surface area contributed by atoms with Gasteiger partial charge in [-0.3, -0.25) is 14.9 Å². The minimum Gasteiger partial charge on any atom is -0.378 e. The van der Waals surface area contributed by atoms with Gasteiger partial charge in [-0.05, 0) is 24.4 Å². The summed E-state index contributed by atoms with van der Waals surface area (Å²) in [7, 11) is 0. The van der Waals surface area contributed by atoms with E-state index in [-0.39, 0.29) is 11.3 Å². The molecule has 1 fully saturated rings. The predicted octanol–water partition coefficient (Wildman–Crippen LogP) is 2.23. The van der Waals surface area contributed by atoms with E-state index in [4.69, 9.17) is 51.8 Å². The van der Waals surface area contributed by atoms with Gasteiger partial charge in [-0.1, -0.05) is 34.8 Å². The number of hydrogen-bond donors (Lipinski definition) is 2. The molecule has 2 N–H and O–H groups in total. The molecule has 0 spiro atoms. The SMILES string of the molecule is O=C(N[C@@H](NC(=S)N1CCOCC1)C(Cl)(Cl)Cl)c1ccc([N+](=O)[O-])cc1. The molecule has 2 rings (SSSR count). The van der Waals surface area contributed by atoms with Crippen molar-refractivity contribution in [2.75, 3.05) is 26.3 Å². The van der Waals surface area contributed by atoms with E-state index in [1.807, 2.05) is 4.90 Å². The van der Waals surface area contributed by atoms with Crippen molar-refractivity contribution in [3.05, 3.63) is 39.9 Å². The smallest absolute Gasteiger partial charge is 0.269 e. The number of amides is 1. The van der Waals surface area contributed by atoms with Gasteiger partial charge in [0.1, 0.15) is 6.17 Å². The van der Waals surface area contributed by atoms with E-state index in [0.29, 0.717) is 31.4 Å². The molecule has 1 atom stereocenters. The minimum absolute atomic E-state index is 0.133. The summed E-state index contributed by atoms with van der Waals surface area (Å²) in [6.45, 7) is 2.20. The summed E-state index contributed by atoms with van der Waals surface area (Å²) < 4.78 is 3.36. The normalized spacial score (nSPS) is 15.9. The zero-order chi connectivity index (χ0) is 19.3. The number of alkyl halides is 3. The van der Waals surface area contributed by atoms with Crippen LogP contribution in [0.2, 0.25) is 0 Å². The first-order valence-corrected chi connectivity index (χ1v) is 8.98. The summed E-state index contributed by atoms with van der Waals surface area (Å²) in [4.78, 5) is 24.3. The lowest BCUT2D eigenvalue weighted by Gasteiger charge is -2.34. The van der Waals surface area contributed by atoms with E-state index in [9.17, 15) is 14.9 Å². The number of hydrogen-bond acceptors (Lipinski definition) is 5. The Bertz CT molecular complexity index is 678. The highest BCUT2D eigenvalue weighted by Crippen LogP contribution is 2.29. The zero-order valence-corrected chi connectivity index (χ0v) is 16.4. The molecule has 0 aromatic heterocycles. The summed E-state index contributed by atoms with van der Waals surface area (Å²) in [6.07, 6.45) is -1.11. The van der Waals surface area contributed by atoms with Crippen molar-refractivity contribution in [3.63, 3.8) is 0 Å². The summed E-state index contributed by atoms with van der Waals surface area (Å²) >= 11 is 23.1. The maximum absolute atomic E-state index is 12.4. The Morgan fingerprint density at radius 2 is 1.81 bits per heavy atom. The second kappa shape index (κ2) is 9.01. The summed E-state index contributed by atoms with van der Waals surface area (Å²) in [5.41, 5.74) is 0.0417. The van der Waals surface area contributed by atoms with Gasteiger partial charge in [0.15, 0.2) is 5.11 Å². The Balaban J connectivity index is 2.05. The zero-order valence-electron chi connectivity index (χ0n) is 13.3. The molecule has 12 heteroatoms. The Morgan fingerprint density at radius 1 is 1.23 bits per heavy atom. The fourth-order valence-corrected chi connectivity index (χ4v) is 2.76. The van der Waals surface area contributed by atoms with Crippen LogP contribution in [0, 0.1) is 10.1 Å². The van der Waals surface area contributed by atoms with Gasteiger partial charge < -0.3 is 20.3 Å². The first kappa shape index (κ1) is 20.9. The van der Waals surface area contributed by atoms with Crippen LogP contribution in [-0.4, -0.2) is 57.1 Å². The molecule has 0 unspecified atom stereocenters. The summed E-state index contributed by atoms with van der Waals surface area (Å²) in [5.74, 6) is -0.575. The molecule has 0 saturated carbocycles. The van der Waals surface area contributed by atoms with Crippen molar-refractivity contribution >= 4 is 63.7 Å². The van der Waals surface area contributed by atoms with E-state index < -0.39 is 20.8 Å². The third-order valence-corrected chi connectivity index (χ3v) is 4.54. The van der Waals surface area contributed by atoms with Crippen LogP contribution in [0.4, 0.5) is 5.69 Å². The number of nitro groups is 1. The van der Waals surface area contributed by atoms with Crippen LogP contribution >= 0.6 is 47.0 Å². The van der Waals surface area contributed by atoms with Crippen molar-refractivity contribution in [3.8, 4) is 0 Å². The van der Waals surface area contributed by atoms with Crippen LogP contribution in [0.3, 0.4) is 0 Å². The number of benzene rings is 1. The van der Waals surface area contributed by atoms with Crippen LogP contribution in [0.15, 0.2) is 24.3 Å².